The molecular weight excluding hydrogens is 250 g/mol. The molecule has 2 fully saturated rings. The lowest BCUT2D eigenvalue weighted by Crippen LogP contribution is -2.48. The third kappa shape index (κ3) is 2.62. The second-order valence-corrected chi connectivity index (χ2v) is 5.81. The third-order valence-electron chi connectivity index (χ3n) is 4.55. The maximum Gasteiger partial charge on any atom is 0.171 e. The molecule has 0 amide bonds. The van der Waals surface area contributed by atoms with Gasteiger partial charge >= 0.3 is 0 Å². The van der Waals surface area contributed by atoms with Crippen molar-refractivity contribution in [1.29, 1.82) is 0 Å². The monoisotopic (exact) mass is 275 g/mol. The Morgan fingerprint density at radius 3 is 2.70 bits per heavy atom. The molecule has 0 aromatic carbocycles. The van der Waals surface area contributed by atoms with Crippen molar-refractivity contribution in [2.45, 2.75) is 57.7 Å². The lowest BCUT2D eigenvalue weighted by molar-refractivity contribution is 0.327. The maximum atomic E-state index is 5.76. The lowest BCUT2D eigenvalue weighted by Gasteiger charge is -2.38. The minimum absolute atomic E-state index is 0.591. The minimum atomic E-state index is 0.591. The molecule has 2 unspecified atom stereocenters. The zero-order valence-electron chi connectivity index (χ0n) is 12.5. The second kappa shape index (κ2) is 6.00. The van der Waals surface area contributed by atoms with Crippen LogP contribution in [0.1, 0.15) is 39.5 Å². The number of nitrogens with one attached hydrogen (secondary N) is 1. The van der Waals surface area contributed by atoms with Gasteiger partial charge in [-0.05, 0) is 51.7 Å². The van der Waals surface area contributed by atoms with Gasteiger partial charge in [-0.2, -0.15) is 0 Å². The average molecular weight is 275 g/mol. The maximum absolute atomic E-state index is 5.76. The van der Waals surface area contributed by atoms with E-state index in [0.29, 0.717) is 24.7 Å². The van der Waals surface area contributed by atoms with Crippen LogP contribution < -0.4 is 15.0 Å². The fraction of sp³-hybridized carbons (Fsp3) is 0.688. The van der Waals surface area contributed by atoms with Crippen LogP contribution in [0.15, 0.2) is 18.3 Å². The standard InChI is InChI=1S/C16H25N3O/c1-3-19(14-10-12-7-8-13(11-14)18-12)16-15(20-4-2)6-5-9-17-16/h5-6,9,12-14,18H,3-4,7-8,10-11H2,1-2H3. The second-order valence-electron chi connectivity index (χ2n) is 5.81. The van der Waals surface area contributed by atoms with Gasteiger partial charge in [0.1, 0.15) is 0 Å². The van der Waals surface area contributed by atoms with Gasteiger partial charge in [0.15, 0.2) is 11.6 Å². The first-order valence-corrected chi connectivity index (χ1v) is 7.92. The van der Waals surface area contributed by atoms with E-state index in [0.717, 1.165) is 18.1 Å². The highest BCUT2D eigenvalue weighted by Crippen LogP contribution is 2.34. The molecule has 0 radical (unpaired) electrons. The lowest BCUT2D eigenvalue weighted by atomic mass is 9.98. The highest BCUT2D eigenvalue weighted by Gasteiger charge is 2.36. The fourth-order valence-electron chi connectivity index (χ4n) is 3.73. The molecule has 3 rings (SSSR count). The van der Waals surface area contributed by atoms with Crippen LogP contribution in [0.3, 0.4) is 0 Å². The van der Waals surface area contributed by atoms with Gasteiger partial charge < -0.3 is 15.0 Å². The van der Waals surface area contributed by atoms with Gasteiger partial charge in [0, 0.05) is 30.9 Å². The average Bonchev–Trinajstić information content (AvgIpc) is 2.81. The number of ether oxygens (including phenoxy) is 1. The Bertz CT molecular complexity index is 439. The van der Waals surface area contributed by atoms with Crippen molar-refractivity contribution >= 4 is 5.82 Å². The molecule has 2 bridgehead atoms. The Labute approximate surface area is 121 Å². The van der Waals surface area contributed by atoms with E-state index in [-0.39, 0.29) is 0 Å². The highest BCUT2D eigenvalue weighted by molar-refractivity contribution is 5.53. The third-order valence-corrected chi connectivity index (χ3v) is 4.55. The quantitative estimate of drug-likeness (QED) is 0.896. The van der Waals surface area contributed by atoms with Crippen LogP contribution in [0.25, 0.3) is 0 Å². The number of aromatic nitrogens is 1. The summed E-state index contributed by atoms with van der Waals surface area (Å²) < 4.78 is 5.76. The van der Waals surface area contributed by atoms with Gasteiger partial charge in [0.2, 0.25) is 0 Å². The smallest absolute Gasteiger partial charge is 0.171 e. The number of fused-ring (bicyclic) bond motifs is 2. The van der Waals surface area contributed by atoms with Crippen LogP contribution in [-0.4, -0.2) is 36.3 Å². The summed E-state index contributed by atoms with van der Waals surface area (Å²) in [7, 11) is 0. The summed E-state index contributed by atoms with van der Waals surface area (Å²) in [5, 5.41) is 3.71. The SMILES string of the molecule is CCOc1cccnc1N(CC)C1CC2CCC(C1)N2. The van der Waals surface area contributed by atoms with E-state index >= 15 is 0 Å². The summed E-state index contributed by atoms with van der Waals surface area (Å²) in [5.74, 6) is 1.94. The Balaban J connectivity index is 1.82. The van der Waals surface area contributed by atoms with E-state index in [4.69, 9.17) is 4.74 Å². The van der Waals surface area contributed by atoms with E-state index in [9.17, 15) is 0 Å². The zero-order chi connectivity index (χ0) is 13.9. The van der Waals surface area contributed by atoms with Crippen LogP contribution in [0.2, 0.25) is 0 Å². The number of piperidine rings is 1. The van der Waals surface area contributed by atoms with Crippen molar-refractivity contribution in [2.75, 3.05) is 18.1 Å². The van der Waals surface area contributed by atoms with E-state index in [1.54, 1.807) is 0 Å². The molecule has 4 heteroatoms. The summed E-state index contributed by atoms with van der Waals surface area (Å²) in [6.45, 7) is 5.92. The van der Waals surface area contributed by atoms with Crippen LogP contribution in [0, 0.1) is 0 Å². The van der Waals surface area contributed by atoms with Crippen molar-refractivity contribution in [3.05, 3.63) is 18.3 Å². The van der Waals surface area contributed by atoms with Crippen molar-refractivity contribution in [2.24, 2.45) is 0 Å². The Kier molecular flexibility index (Phi) is 4.10. The van der Waals surface area contributed by atoms with Crippen molar-refractivity contribution in [3.63, 3.8) is 0 Å². The van der Waals surface area contributed by atoms with E-state index < -0.39 is 0 Å². The molecule has 2 aliphatic heterocycles. The molecule has 2 aliphatic rings. The fourth-order valence-corrected chi connectivity index (χ4v) is 3.73. The predicted octanol–water partition coefficient (Wildman–Crippen LogP) is 2.59. The molecule has 110 valence electrons. The number of anilines is 1. The number of hydrogen-bond donors (Lipinski definition) is 1. The van der Waals surface area contributed by atoms with Crippen molar-refractivity contribution < 1.29 is 4.74 Å². The zero-order valence-corrected chi connectivity index (χ0v) is 12.5. The van der Waals surface area contributed by atoms with Gasteiger partial charge in [-0.3, -0.25) is 0 Å². The normalized spacial score (nSPS) is 28.4. The number of pyridine rings is 1. The van der Waals surface area contributed by atoms with Gasteiger partial charge in [0.25, 0.3) is 0 Å². The van der Waals surface area contributed by atoms with Crippen LogP contribution in [0.5, 0.6) is 5.75 Å². The number of nitrogens with zero attached hydrogens (tertiary/aromatic N) is 2. The topological polar surface area (TPSA) is 37.4 Å². The molecule has 2 saturated heterocycles. The molecule has 0 spiro atoms. The minimum Gasteiger partial charge on any atom is -0.490 e. The first-order valence-electron chi connectivity index (χ1n) is 7.92. The highest BCUT2D eigenvalue weighted by atomic mass is 16.5. The first-order chi connectivity index (χ1) is 9.81. The molecule has 2 atom stereocenters. The summed E-state index contributed by atoms with van der Waals surface area (Å²) in [6.07, 6.45) is 6.99. The summed E-state index contributed by atoms with van der Waals surface area (Å²) >= 11 is 0. The molecule has 20 heavy (non-hydrogen) atoms. The number of rotatable bonds is 5. The van der Waals surface area contributed by atoms with Crippen LogP contribution in [0.4, 0.5) is 5.82 Å². The first kappa shape index (κ1) is 13.7. The molecule has 0 aliphatic carbocycles. The van der Waals surface area contributed by atoms with Crippen molar-refractivity contribution in [1.82, 2.24) is 10.3 Å². The van der Waals surface area contributed by atoms with Crippen molar-refractivity contribution in [3.8, 4) is 5.75 Å². The van der Waals surface area contributed by atoms with E-state index in [2.05, 4.69) is 22.1 Å². The van der Waals surface area contributed by atoms with Gasteiger partial charge in [0.05, 0.1) is 6.61 Å². The Morgan fingerprint density at radius 1 is 1.30 bits per heavy atom. The van der Waals surface area contributed by atoms with Gasteiger partial charge in [-0.1, -0.05) is 0 Å². The largest absolute Gasteiger partial charge is 0.490 e. The Morgan fingerprint density at radius 2 is 2.05 bits per heavy atom. The predicted molar refractivity (Wildman–Crippen MR) is 81.4 cm³/mol. The Hall–Kier alpha value is -1.29. The molecule has 1 N–H and O–H groups in total. The van der Waals surface area contributed by atoms with E-state index in [1.807, 2.05) is 25.3 Å². The molecule has 4 nitrogen and oxygen atoms in total. The molecule has 3 heterocycles. The number of hydrogen-bond acceptors (Lipinski definition) is 4. The van der Waals surface area contributed by atoms with Crippen LogP contribution >= 0.6 is 0 Å². The molecule has 1 aromatic rings. The summed E-state index contributed by atoms with van der Waals surface area (Å²) in [5.41, 5.74) is 0. The summed E-state index contributed by atoms with van der Waals surface area (Å²) in [6, 6.07) is 5.98. The molecule has 0 saturated carbocycles. The molecule has 1 aromatic heterocycles. The molecular formula is C16H25N3O. The van der Waals surface area contributed by atoms with Crippen LogP contribution in [-0.2, 0) is 0 Å². The van der Waals surface area contributed by atoms with Gasteiger partial charge in [-0.15, -0.1) is 0 Å². The van der Waals surface area contributed by atoms with Gasteiger partial charge in [-0.25, -0.2) is 4.98 Å². The van der Waals surface area contributed by atoms with E-state index in [1.165, 1.54) is 25.7 Å². The summed E-state index contributed by atoms with van der Waals surface area (Å²) in [4.78, 5) is 7.04.